The van der Waals surface area contributed by atoms with E-state index in [2.05, 4.69) is 15.9 Å². The van der Waals surface area contributed by atoms with Crippen LogP contribution in [0.1, 0.15) is 23.2 Å². The van der Waals surface area contributed by atoms with Gasteiger partial charge in [-0.15, -0.1) is 0 Å². The molecule has 7 heteroatoms. The number of nitrogens with zero attached hydrogens (tertiary/aromatic N) is 1. The number of hydrogen-bond donors (Lipinski definition) is 1. The number of amides is 1. The second-order valence-corrected chi connectivity index (χ2v) is 6.60. The Morgan fingerprint density at radius 1 is 1.28 bits per heavy atom. The molecule has 18 heavy (non-hydrogen) atoms. The van der Waals surface area contributed by atoms with E-state index in [4.69, 9.17) is 5.14 Å². The van der Waals surface area contributed by atoms with Crippen molar-refractivity contribution in [3.63, 3.8) is 0 Å². The van der Waals surface area contributed by atoms with E-state index < -0.39 is 10.0 Å². The fourth-order valence-electron chi connectivity index (χ4n) is 1.94. The number of benzene rings is 1. The second-order valence-electron chi connectivity index (χ2n) is 4.19. The Hall–Kier alpha value is -0.920. The molecular weight excluding hydrogens is 320 g/mol. The number of rotatable bonds is 2. The molecule has 1 heterocycles. The van der Waals surface area contributed by atoms with Crippen molar-refractivity contribution < 1.29 is 13.2 Å². The molecule has 0 atom stereocenters. The van der Waals surface area contributed by atoms with Crippen LogP contribution in [0.15, 0.2) is 27.6 Å². The fourth-order valence-corrected chi connectivity index (χ4v) is 2.89. The smallest absolute Gasteiger partial charge is 0.255 e. The number of carbonyl (C=O) groups is 1. The van der Waals surface area contributed by atoms with Gasteiger partial charge in [0.25, 0.3) is 5.91 Å². The summed E-state index contributed by atoms with van der Waals surface area (Å²) in [4.78, 5) is 13.9. The van der Waals surface area contributed by atoms with Crippen LogP contribution in [-0.2, 0) is 10.0 Å². The zero-order valence-electron chi connectivity index (χ0n) is 9.60. The van der Waals surface area contributed by atoms with Gasteiger partial charge in [-0.2, -0.15) is 0 Å². The first-order chi connectivity index (χ1) is 8.39. The Bertz CT molecular complexity index is 580. The van der Waals surface area contributed by atoms with E-state index in [1.165, 1.54) is 18.2 Å². The SMILES string of the molecule is NS(=O)(=O)c1ccc(Br)c(C(=O)N2CCCC2)c1. The molecule has 1 fully saturated rings. The molecule has 98 valence electrons. The second kappa shape index (κ2) is 4.99. The van der Waals surface area contributed by atoms with Crippen molar-refractivity contribution in [1.82, 2.24) is 4.90 Å². The first kappa shape index (κ1) is 13.5. The van der Waals surface area contributed by atoms with Crippen LogP contribution < -0.4 is 5.14 Å². The predicted octanol–water partition coefficient (Wildman–Crippen LogP) is 1.33. The van der Waals surface area contributed by atoms with Crippen molar-refractivity contribution in [1.29, 1.82) is 0 Å². The van der Waals surface area contributed by atoms with Crippen molar-refractivity contribution in [2.75, 3.05) is 13.1 Å². The van der Waals surface area contributed by atoms with Crippen LogP contribution >= 0.6 is 15.9 Å². The third kappa shape index (κ3) is 2.73. The topological polar surface area (TPSA) is 80.5 Å². The summed E-state index contributed by atoms with van der Waals surface area (Å²) < 4.78 is 23.1. The van der Waals surface area contributed by atoms with E-state index in [-0.39, 0.29) is 10.8 Å². The van der Waals surface area contributed by atoms with Crippen LogP contribution in [0.2, 0.25) is 0 Å². The average molecular weight is 333 g/mol. The first-order valence-electron chi connectivity index (χ1n) is 5.51. The molecule has 2 N–H and O–H groups in total. The summed E-state index contributed by atoms with van der Waals surface area (Å²) in [5, 5.41) is 5.06. The molecule has 0 saturated carbocycles. The largest absolute Gasteiger partial charge is 0.339 e. The van der Waals surface area contributed by atoms with E-state index >= 15 is 0 Å². The molecule has 0 radical (unpaired) electrons. The molecule has 2 rings (SSSR count). The third-order valence-corrected chi connectivity index (χ3v) is 4.49. The van der Waals surface area contributed by atoms with Crippen LogP contribution in [-0.4, -0.2) is 32.3 Å². The molecule has 1 aliphatic heterocycles. The summed E-state index contributed by atoms with van der Waals surface area (Å²) in [6.45, 7) is 1.43. The van der Waals surface area contributed by atoms with Crippen molar-refractivity contribution in [2.45, 2.75) is 17.7 Å². The Morgan fingerprint density at radius 2 is 1.89 bits per heavy atom. The van der Waals surface area contributed by atoms with Gasteiger partial charge in [-0.05, 0) is 47.0 Å². The molecule has 0 unspecified atom stereocenters. The lowest BCUT2D eigenvalue weighted by Gasteiger charge is -2.16. The van der Waals surface area contributed by atoms with Gasteiger partial charge in [-0.3, -0.25) is 4.79 Å². The molecule has 1 aromatic rings. The van der Waals surface area contributed by atoms with E-state index in [1.807, 2.05) is 0 Å². The number of carbonyl (C=O) groups excluding carboxylic acids is 1. The van der Waals surface area contributed by atoms with Crippen LogP contribution in [0.4, 0.5) is 0 Å². The van der Waals surface area contributed by atoms with Crippen LogP contribution in [0, 0.1) is 0 Å². The van der Waals surface area contributed by atoms with Crippen molar-refractivity contribution >= 4 is 31.9 Å². The number of hydrogen-bond acceptors (Lipinski definition) is 3. The minimum atomic E-state index is -3.79. The number of nitrogens with two attached hydrogens (primary N) is 1. The lowest BCUT2D eigenvalue weighted by atomic mass is 10.2. The number of likely N-dealkylation sites (tertiary alicyclic amines) is 1. The zero-order chi connectivity index (χ0) is 13.3. The molecule has 1 saturated heterocycles. The molecule has 0 aromatic heterocycles. The Kier molecular flexibility index (Phi) is 3.74. The maximum Gasteiger partial charge on any atom is 0.255 e. The highest BCUT2D eigenvalue weighted by Crippen LogP contribution is 2.23. The maximum atomic E-state index is 12.2. The van der Waals surface area contributed by atoms with Crippen molar-refractivity contribution in [3.05, 3.63) is 28.2 Å². The minimum Gasteiger partial charge on any atom is -0.339 e. The summed E-state index contributed by atoms with van der Waals surface area (Å²) in [7, 11) is -3.79. The van der Waals surface area contributed by atoms with Gasteiger partial charge in [-0.1, -0.05) is 0 Å². The molecule has 5 nitrogen and oxygen atoms in total. The van der Waals surface area contributed by atoms with Crippen molar-refractivity contribution in [2.24, 2.45) is 5.14 Å². The van der Waals surface area contributed by atoms with Crippen LogP contribution in [0.5, 0.6) is 0 Å². The van der Waals surface area contributed by atoms with Gasteiger partial charge in [0, 0.05) is 17.6 Å². The molecule has 0 bridgehead atoms. The van der Waals surface area contributed by atoms with E-state index in [9.17, 15) is 13.2 Å². The molecule has 1 aliphatic rings. The number of halogens is 1. The summed E-state index contributed by atoms with van der Waals surface area (Å²) in [5.74, 6) is -0.162. The van der Waals surface area contributed by atoms with Gasteiger partial charge in [0.1, 0.15) is 0 Å². The molecular formula is C11H13BrN2O3S. The lowest BCUT2D eigenvalue weighted by molar-refractivity contribution is 0.0791. The van der Waals surface area contributed by atoms with Gasteiger partial charge in [0.2, 0.25) is 10.0 Å². The highest BCUT2D eigenvalue weighted by Gasteiger charge is 2.22. The van der Waals surface area contributed by atoms with Gasteiger partial charge in [0.05, 0.1) is 10.5 Å². The summed E-state index contributed by atoms with van der Waals surface area (Å²) in [6.07, 6.45) is 1.97. The molecule has 0 spiro atoms. The van der Waals surface area contributed by atoms with Gasteiger partial charge in [0.15, 0.2) is 0 Å². The maximum absolute atomic E-state index is 12.2. The van der Waals surface area contributed by atoms with E-state index in [0.717, 1.165) is 12.8 Å². The zero-order valence-corrected chi connectivity index (χ0v) is 12.0. The van der Waals surface area contributed by atoms with Gasteiger partial charge >= 0.3 is 0 Å². The summed E-state index contributed by atoms with van der Waals surface area (Å²) >= 11 is 3.26. The molecule has 1 aromatic carbocycles. The van der Waals surface area contributed by atoms with Gasteiger partial charge < -0.3 is 4.90 Å². The van der Waals surface area contributed by atoms with E-state index in [0.29, 0.717) is 23.1 Å². The first-order valence-corrected chi connectivity index (χ1v) is 7.85. The quantitative estimate of drug-likeness (QED) is 0.887. The number of sulfonamides is 1. The number of primary sulfonamides is 1. The van der Waals surface area contributed by atoms with Crippen molar-refractivity contribution in [3.8, 4) is 0 Å². The average Bonchev–Trinajstić information content (AvgIpc) is 2.80. The highest BCUT2D eigenvalue weighted by atomic mass is 79.9. The third-order valence-electron chi connectivity index (χ3n) is 2.89. The Labute approximate surface area is 114 Å². The predicted molar refractivity (Wildman–Crippen MR) is 70.7 cm³/mol. The minimum absolute atomic E-state index is 0.0479. The lowest BCUT2D eigenvalue weighted by Crippen LogP contribution is -2.28. The van der Waals surface area contributed by atoms with Gasteiger partial charge in [-0.25, -0.2) is 13.6 Å². The summed E-state index contributed by atoms with van der Waals surface area (Å²) in [6, 6.07) is 4.23. The highest BCUT2D eigenvalue weighted by molar-refractivity contribution is 9.10. The summed E-state index contributed by atoms with van der Waals surface area (Å²) in [5.41, 5.74) is 0.337. The monoisotopic (exact) mass is 332 g/mol. The standard InChI is InChI=1S/C11H13BrN2O3S/c12-10-4-3-8(18(13,16)17)7-9(10)11(15)14-5-1-2-6-14/h3-4,7H,1-2,5-6H2,(H2,13,16,17). The fraction of sp³-hybridized carbons (Fsp3) is 0.364. The Morgan fingerprint density at radius 3 is 2.44 bits per heavy atom. The molecule has 0 aliphatic carbocycles. The van der Waals surface area contributed by atoms with Crippen LogP contribution in [0.25, 0.3) is 0 Å². The molecule has 1 amide bonds. The van der Waals surface area contributed by atoms with E-state index in [1.54, 1.807) is 4.90 Å². The Balaban J connectivity index is 2.40. The normalized spacial score (nSPS) is 16.0. The van der Waals surface area contributed by atoms with Crippen LogP contribution in [0.3, 0.4) is 0 Å².